The fourth-order valence-electron chi connectivity index (χ4n) is 2.78. The van der Waals surface area contributed by atoms with Crippen molar-refractivity contribution in [3.8, 4) is 0 Å². The molecule has 3 rings (SSSR count). The number of sulfonamides is 1. The summed E-state index contributed by atoms with van der Waals surface area (Å²) in [4.78, 5) is 24.2. The molecule has 26 heavy (non-hydrogen) atoms. The number of piperazine rings is 1. The number of benzene rings is 2. The lowest BCUT2D eigenvalue weighted by atomic mass is 10.2. The van der Waals surface area contributed by atoms with Crippen molar-refractivity contribution in [2.75, 3.05) is 26.2 Å². The molecule has 0 unspecified atom stereocenters. The Balaban J connectivity index is 1.68. The third-order valence-electron chi connectivity index (χ3n) is 4.23. The highest BCUT2D eigenvalue weighted by Crippen LogP contribution is 2.21. The first kappa shape index (κ1) is 18.0. The fraction of sp³-hybridized carbons (Fsp3) is 0.235. The molecule has 2 aromatic rings. The SMILES string of the molecule is O=C(c1ccccc1)N1CCN(S(=O)(=O)c2ccc([N+](=O)[O-])cc2)CC1. The van der Waals surface area contributed by atoms with E-state index in [1.165, 1.54) is 28.6 Å². The van der Waals surface area contributed by atoms with Crippen LogP contribution in [0.1, 0.15) is 10.4 Å². The van der Waals surface area contributed by atoms with Crippen molar-refractivity contribution in [2.45, 2.75) is 4.90 Å². The lowest BCUT2D eigenvalue weighted by Gasteiger charge is -2.34. The van der Waals surface area contributed by atoms with Gasteiger partial charge in [0.05, 0.1) is 9.82 Å². The Hall–Kier alpha value is -2.78. The third kappa shape index (κ3) is 3.58. The van der Waals surface area contributed by atoms with E-state index in [2.05, 4.69) is 0 Å². The normalized spacial score (nSPS) is 15.6. The van der Waals surface area contributed by atoms with Crippen LogP contribution in [0.5, 0.6) is 0 Å². The molecule has 0 aliphatic carbocycles. The van der Waals surface area contributed by atoms with Crippen LogP contribution in [0.15, 0.2) is 59.5 Å². The standard InChI is InChI=1S/C17H17N3O5S/c21-17(14-4-2-1-3-5-14)18-10-12-19(13-11-18)26(24,25)16-8-6-15(7-9-16)20(22)23/h1-9H,10-13H2. The number of amides is 1. The van der Waals surface area contributed by atoms with E-state index >= 15 is 0 Å². The molecule has 0 atom stereocenters. The van der Waals surface area contributed by atoms with E-state index in [0.717, 1.165) is 0 Å². The van der Waals surface area contributed by atoms with Crippen LogP contribution in [0.25, 0.3) is 0 Å². The van der Waals surface area contributed by atoms with Gasteiger partial charge in [0.15, 0.2) is 0 Å². The first-order chi connectivity index (χ1) is 12.4. The van der Waals surface area contributed by atoms with E-state index in [4.69, 9.17) is 0 Å². The summed E-state index contributed by atoms with van der Waals surface area (Å²) in [5.74, 6) is -0.127. The number of nitrogens with zero attached hydrogens (tertiary/aromatic N) is 3. The largest absolute Gasteiger partial charge is 0.336 e. The smallest absolute Gasteiger partial charge is 0.269 e. The molecule has 0 bridgehead atoms. The molecular formula is C17H17N3O5S. The minimum absolute atomic E-state index is 0.00550. The molecule has 0 aromatic heterocycles. The number of nitro groups is 1. The Morgan fingerprint density at radius 1 is 0.923 bits per heavy atom. The number of hydrogen-bond acceptors (Lipinski definition) is 5. The van der Waals surface area contributed by atoms with Crippen LogP contribution >= 0.6 is 0 Å². The van der Waals surface area contributed by atoms with Gasteiger partial charge in [-0.05, 0) is 24.3 Å². The van der Waals surface area contributed by atoms with Gasteiger partial charge in [0.25, 0.3) is 11.6 Å². The maximum absolute atomic E-state index is 12.7. The van der Waals surface area contributed by atoms with E-state index < -0.39 is 14.9 Å². The van der Waals surface area contributed by atoms with Gasteiger partial charge in [0, 0.05) is 43.9 Å². The quantitative estimate of drug-likeness (QED) is 0.598. The predicted molar refractivity (Wildman–Crippen MR) is 94.2 cm³/mol. The maximum atomic E-state index is 12.7. The van der Waals surface area contributed by atoms with Crippen molar-refractivity contribution < 1.29 is 18.1 Å². The Bertz CT molecular complexity index is 905. The van der Waals surface area contributed by atoms with E-state index in [9.17, 15) is 23.3 Å². The zero-order valence-electron chi connectivity index (χ0n) is 13.8. The summed E-state index contributed by atoms with van der Waals surface area (Å²) in [6.45, 7) is 0.940. The van der Waals surface area contributed by atoms with Gasteiger partial charge in [0.1, 0.15) is 0 Å². The summed E-state index contributed by atoms with van der Waals surface area (Å²) in [5.41, 5.74) is 0.404. The molecule has 9 heteroatoms. The maximum Gasteiger partial charge on any atom is 0.269 e. The van der Waals surface area contributed by atoms with Crippen molar-refractivity contribution in [3.05, 3.63) is 70.3 Å². The molecule has 1 heterocycles. The topological polar surface area (TPSA) is 101 Å². The molecule has 1 saturated heterocycles. The monoisotopic (exact) mass is 375 g/mol. The zero-order valence-corrected chi connectivity index (χ0v) is 14.6. The van der Waals surface area contributed by atoms with Crippen molar-refractivity contribution in [3.63, 3.8) is 0 Å². The third-order valence-corrected chi connectivity index (χ3v) is 6.14. The van der Waals surface area contributed by atoms with Crippen LogP contribution in [0.2, 0.25) is 0 Å². The van der Waals surface area contributed by atoms with Gasteiger partial charge >= 0.3 is 0 Å². The number of non-ortho nitro benzene ring substituents is 1. The highest BCUT2D eigenvalue weighted by molar-refractivity contribution is 7.89. The number of carbonyl (C=O) groups excluding carboxylic acids is 1. The predicted octanol–water partition coefficient (Wildman–Crippen LogP) is 1.74. The van der Waals surface area contributed by atoms with Gasteiger partial charge in [-0.3, -0.25) is 14.9 Å². The minimum atomic E-state index is -3.75. The second-order valence-electron chi connectivity index (χ2n) is 5.81. The zero-order chi connectivity index (χ0) is 18.7. The Kier molecular flexibility index (Phi) is 5.01. The summed E-state index contributed by atoms with van der Waals surface area (Å²) < 4.78 is 26.6. The van der Waals surface area contributed by atoms with Crippen LogP contribution in [-0.4, -0.2) is 54.6 Å². The molecule has 1 amide bonds. The summed E-state index contributed by atoms with van der Waals surface area (Å²) >= 11 is 0. The number of rotatable bonds is 4. The van der Waals surface area contributed by atoms with E-state index in [1.54, 1.807) is 29.2 Å². The molecule has 0 saturated carbocycles. The van der Waals surface area contributed by atoms with Crippen LogP contribution in [0.3, 0.4) is 0 Å². The summed E-state index contributed by atoms with van der Waals surface area (Å²) in [7, 11) is -3.75. The highest BCUT2D eigenvalue weighted by atomic mass is 32.2. The van der Waals surface area contributed by atoms with Crippen molar-refractivity contribution in [1.82, 2.24) is 9.21 Å². The Morgan fingerprint density at radius 2 is 1.50 bits per heavy atom. The second-order valence-corrected chi connectivity index (χ2v) is 7.75. The average Bonchev–Trinajstić information content (AvgIpc) is 2.68. The Morgan fingerprint density at radius 3 is 2.04 bits per heavy atom. The van der Waals surface area contributed by atoms with Gasteiger partial charge in [-0.1, -0.05) is 18.2 Å². The molecule has 0 radical (unpaired) electrons. The highest BCUT2D eigenvalue weighted by Gasteiger charge is 2.30. The van der Waals surface area contributed by atoms with Crippen molar-refractivity contribution >= 4 is 21.6 Å². The fourth-order valence-corrected chi connectivity index (χ4v) is 4.21. The lowest BCUT2D eigenvalue weighted by molar-refractivity contribution is -0.384. The van der Waals surface area contributed by atoms with Crippen LogP contribution in [-0.2, 0) is 10.0 Å². The molecule has 136 valence electrons. The van der Waals surface area contributed by atoms with Gasteiger partial charge in [-0.25, -0.2) is 8.42 Å². The molecule has 1 fully saturated rings. The molecule has 8 nitrogen and oxygen atoms in total. The van der Waals surface area contributed by atoms with Gasteiger partial charge < -0.3 is 4.90 Å². The van der Waals surface area contributed by atoms with Crippen molar-refractivity contribution in [2.24, 2.45) is 0 Å². The second kappa shape index (κ2) is 7.22. The van der Waals surface area contributed by atoms with E-state index in [1.807, 2.05) is 6.07 Å². The van der Waals surface area contributed by atoms with Crippen molar-refractivity contribution in [1.29, 1.82) is 0 Å². The van der Waals surface area contributed by atoms with E-state index in [0.29, 0.717) is 18.7 Å². The molecular weight excluding hydrogens is 358 g/mol. The van der Waals surface area contributed by atoms with E-state index in [-0.39, 0.29) is 29.6 Å². The summed E-state index contributed by atoms with van der Waals surface area (Å²) in [5, 5.41) is 10.7. The Labute approximate surface area is 150 Å². The van der Waals surface area contributed by atoms with Crippen LogP contribution in [0, 0.1) is 10.1 Å². The summed E-state index contributed by atoms with van der Waals surface area (Å²) in [6.07, 6.45) is 0. The summed E-state index contributed by atoms with van der Waals surface area (Å²) in [6, 6.07) is 13.6. The lowest BCUT2D eigenvalue weighted by Crippen LogP contribution is -2.50. The molecule has 0 spiro atoms. The van der Waals surface area contributed by atoms with Gasteiger partial charge in [-0.15, -0.1) is 0 Å². The minimum Gasteiger partial charge on any atom is -0.336 e. The van der Waals surface area contributed by atoms with Crippen LogP contribution < -0.4 is 0 Å². The molecule has 2 aromatic carbocycles. The van der Waals surface area contributed by atoms with Gasteiger partial charge in [-0.2, -0.15) is 4.31 Å². The molecule has 1 aliphatic rings. The first-order valence-electron chi connectivity index (χ1n) is 7.98. The van der Waals surface area contributed by atoms with Gasteiger partial charge in [0.2, 0.25) is 10.0 Å². The number of hydrogen-bond donors (Lipinski definition) is 0. The van der Waals surface area contributed by atoms with Crippen LogP contribution in [0.4, 0.5) is 5.69 Å². The first-order valence-corrected chi connectivity index (χ1v) is 9.42. The molecule has 0 N–H and O–H groups in total. The number of nitro benzene ring substituents is 1. The molecule has 1 aliphatic heterocycles. The average molecular weight is 375 g/mol. The number of carbonyl (C=O) groups is 1.